The van der Waals surface area contributed by atoms with Gasteiger partial charge in [-0.2, -0.15) is 0 Å². The maximum Gasteiger partial charge on any atom is 0.408 e. The van der Waals surface area contributed by atoms with E-state index in [1.54, 1.807) is 64.1 Å². The number of phenols is 1. The van der Waals surface area contributed by atoms with Crippen LogP contribution in [0.3, 0.4) is 0 Å². The molecule has 0 radical (unpaired) electrons. The molecule has 0 spiro atoms. The standard InChI is InChI=1S/C25H29N3O6/c1-7-28(20(29)15-26-24(32)34-25(3,4)5)21(19-10-8-9-16(2)22(19)30)23(31)27-17-11-13-18(33-6)14-12-17/h1,8-14,21,30H,15H2,2-6H3,(H,26,32)(H,27,31). The third-order valence-corrected chi connectivity index (χ3v) is 4.62. The van der Waals surface area contributed by atoms with Crippen molar-refractivity contribution in [1.29, 1.82) is 0 Å². The van der Waals surface area contributed by atoms with E-state index in [0.29, 0.717) is 17.0 Å². The van der Waals surface area contributed by atoms with E-state index in [2.05, 4.69) is 16.7 Å². The molecule has 2 aromatic carbocycles. The number of hydrogen-bond donors (Lipinski definition) is 3. The Balaban J connectivity index is 2.34. The molecular weight excluding hydrogens is 438 g/mol. The highest BCUT2D eigenvalue weighted by atomic mass is 16.6. The van der Waals surface area contributed by atoms with Crippen molar-refractivity contribution >= 4 is 23.6 Å². The lowest BCUT2D eigenvalue weighted by atomic mass is 10.00. The molecule has 1 unspecified atom stereocenters. The van der Waals surface area contributed by atoms with Crippen LogP contribution in [0.2, 0.25) is 0 Å². The van der Waals surface area contributed by atoms with Crippen LogP contribution in [-0.2, 0) is 14.3 Å². The summed E-state index contributed by atoms with van der Waals surface area (Å²) in [5.74, 6) is -0.983. The third-order valence-electron chi connectivity index (χ3n) is 4.62. The van der Waals surface area contributed by atoms with Crippen molar-refractivity contribution < 1.29 is 29.0 Å². The maximum absolute atomic E-state index is 13.3. The summed E-state index contributed by atoms with van der Waals surface area (Å²) in [5, 5.41) is 15.7. The van der Waals surface area contributed by atoms with E-state index in [0.717, 1.165) is 4.90 Å². The van der Waals surface area contributed by atoms with Crippen molar-refractivity contribution in [2.75, 3.05) is 19.0 Å². The Morgan fingerprint density at radius 1 is 1.15 bits per heavy atom. The first-order valence-electron chi connectivity index (χ1n) is 10.5. The van der Waals surface area contributed by atoms with Crippen molar-refractivity contribution in [2.45, 2.75) is 39.3 Å². The number of ether oxygens (including phenoxy) is 2. The van der Waals surface area contributed by atoms with Crippen molar-refractivity contribution in [3.8, 4) is 24.0 Å². The molecule has 9 heteroatoms. The number of anilines is 1. The Morgan fingerprint density at radius 2 is 1.79 bits per heavy atom. The fourth-order valence-electron chi connectivity index (χ4n) is 3.02. The number of rotatable bonds is 7. The fourth-order valence-corrected chi connectivity index (χ4v) is 3.02. The monoisotopic (exact) mass is 467 g/mol. The number of terminal acetylenes is 1. The minimum absolute atomic E-state index is 0.134. The molecule has 2 aromatic rings. The number of nitrogens with one attached hydrogen (secondary N) is 2. The minimum Gasteiger partial charge on any atom is -0.507 e. The van der Waals surface area contributed by atoms with E-state index in [1.807, 2.05) is 0 Å². The summed E-state index contributed by atoms with van der Waals surface area (Å²) in [4.78, 5) is 39.0. The van der Waals surface area contributed by atoms with Crippen LogP contribution >= 0.6 is 0 Å². The van der Waals surface area contributed by atoms with E-state index in [9.17, 15) is 19.5 Å². The second-order valence-electron chi connectivity index (χ2n) is 8.38. The molecule has 0 aliphatic carbocycles. The van der Waals surface area contributed by atoms with E-state index >= 15 is 0 Å². The van der Waals surface area contributed by atoms with Crippen LogP contribution in [0.15, 0.2) is 42.5 Å². The van der Waals surface area contributed by atoms with Gasteiger partial charge in [0.2, 0.25) is 0 Å². The van der Waals surface area contributed by atoms with Gasteiger partial charge >= 0.3 is 6.09 Å². The first kappa shape index (κ1) is 26.1. The Hall–Kier alpha value is -4.19. The van der Waals surface area contributed by atoms with Crippen LogP contribution in [-0.4, -0.2) is 47.2 Å². The molecule has 0 saturated carbocycles. The Morgan fingerprint density at radius 3 is 2.35 bits per heavy atom. The number of methoxy groups -OCH3 is 1. The van der Waals surface area contributed by atoms with Gasteiger partial charge in [0.1, 0.15) is 23.6 Å². The molecule has 0 saturated heterocycles. The number of carbonyl (C=O) groups is 3. The normalized spacial score (nSPS) is 11.5. The number of amides is 3. The van der Waals surface area contributed by atoms with Crippen LogP contribution in [0.5, 0.6) is 11.5 Å². The topological polar surface area (TPSA) is 117 Å². The molecule has 3 amide bonds. The third kappa shape index (κ3) is 6.90. The van der Waals surface area contributed by atoms with E-state index in [1.165, 1.54) is 13.2 Å². The summed E-state index contributed by atoms with van der Waals surface area (Å²) in [5.41, 5.74) is 0.303. The Labute approximate surface area is 199 Å². The van der Waals surface area contributed by atoms with Crippen LogP contribution in [0.1, 0.15) is 37.9 Å². The zero-order chi connectivity index (χ0) is 25.5. The summed E-state index contributed by atoms with van der Waals surface area (Å²) in [6, 6.07) is 12.2. The lowest BCUT2D eigenvalue weighted by molar-refractivity contribution is -0.134. The Bertz CT molecular complexity index is 1080. The molecule has 9 nitrogen and oxygen atoms in total. The van der Waals surface area contributed by atoms with Gasteiger partial charge in [-0.1, -0.05) is 24.6 Å². The highest BCUT2D eigenvalue weighted by Gasteiger charge is 2.33. The van der Waals surface area contributed by atoms with Crippen molar-refractivity contribution in [3.05, 3.63) is 53.6 Å². The van der Waals surface area contributed by atoms with Gasteiger partial charge in [-0.3, -0.25) is 14.5 Å². The number of para-hydroxylation sites is 1. The van der Waals surface area contributed by atoms with E-state index < -0.39 is 36.1 Å². The molecule has 3 N–H and O–H groups in total. The number of hydrogen-bond acceptors (Lipinski definition) is 6. The molecule has 2 rings (SSSR count). The van der Waals surface area contributed by atoms with Gasteiger partial charge in [0.15, 0.2) is 6.04 Å². The molecule has 0 aliphatic heterocycles. The number of carbonyl (C=O) groups excluding carboxylic acids is 3. The second kappa shape index (κ2) is 11.1. The maximum atomic E-state index is 13.3. The van der Waals surface area contributed by atoms with Gasteiger partial charge in [0, 0.05) is 17.3 Å². The number of aryl methyl sites for hydroxylation is 1. The van der Waals surface area contributed by atoms with Gasteiger partial charge in [-0.05, 0) is 57.5 Å². The zero-order valence-corrected chi connectivity index (χ0v) is 19.8. The quantitative estimate of drug-likeness (QED) is 0.425. The lowest BCUT2D eigenvalue weighted by Crippen LogP contribution is -2.44. The summed E-state index contributed by atoms with van der Waals surface area (Å²) in [6.07, 6.45) is 4.80. The molecule has 0 aliphatic rings. The molecule has 0 bridgehead atoms. The van der Waals surface area contributed by atoms with Crippen molar-refractivity contribution in [3.63, 3.8) is 0 Å². The van der Waals surface area contributed by atoms with Crippen molar-refractivity contribution in [2.24, 2.45) is 0 Å². The number of aromatic hydroxyl groups is 1. The smallest absolute Gasteiger partial charge is 0.408 e. The average Bonchev–Trinajstić information content (AvgIpc) is 2.77. The van der Waals surface area contributed by atoms with Gasteiger partial charge in [0.25, 0.3) is 11.8 Å². The average molecular weight is 468 g/mol. The van der Waals surface area contributed by atoms with Crippen LogP contribution in [0.4, 0.5) is 10.5 Å². The van der Waals surface area contributed by atoms with Gasteiger partial charge < -0.3 is 25.2 Å². The molecule has 0 aromatic heterocycles. The summed E-state index contributed by atoms with van der Waals surface area (Å²) < 4.78 is 10.2. The van der Waals surface area contributed by atoms with Gasteiger partial charge in [-0.15, -0.1) is 0 Å². The first-order valence-corrected chi connectivity index (χ1v) is 10.5. The van der Waals surface area contributed by atoms with E-state index in [-0.39, 0.29) is 11.3 Å². The lowest BCUT2D eigenvalue weighted by Gasteiger charge is -2.27. The summed E-state index contributed by atoms with van der Waals surface area (Å²) >= 11 is 0. The molecule has 1 atom stereocenters. The Kier molecular flexibility index (Phi) is 8.51. The van der Waals surface area contributed by atoms with E-state index in [4.69, 9.17) is 15.9 Å². The predicted octanol–water partition coefficient (Wildman–Crippen LogP) is 3.33. The minimum atomic E-state index is -1.38. The van der Waals surface area contributed by atoms with Crippen LogP contribution in [0, 0.1) is 19.4 Å². The molecule has 0 heterocycles. The second-order valence-corrected chi connectivity index (χ2v) is 8.38. The van der Waals surface area contributed by atoms with Gasteiger partial charge in [-0.25, -0.2) is 4.79 Å². The molecule has 0 fully saturated rings. The molecular formula is C25H29N3O6. The number of alkyl carbamates (subject to hydrolysis) is 1. The van der Waals surface area contributed by atoms with Crippen LogP contribution < -0.4 is 15.4 Å². The SMILES string of the molecule is C#CN(C(=O)CNC(=O)OC(C)(C)C)C(C(=O)Nc1ccc(OC)cc1)c1cccc(C)c1O. The van der Waals surface area contributed by atoms with Crippen molar-refractivity contribution in [1.82, 2.24) is 10.2 Å². The predicted molar refractivity (Wildman–Crippen MR) is 127 cm³/mol. The van der Waals surface area contributed by atoms with Gasteiger partial charge in [0.05, 0.1) is 7.11 Å². The highest BCUT2D eigenvalue weighted by Crippen LogP contribution is 2.32. The number of nitrogens with zero attached hydrogens (tertiary/aromatic N) is 1. The first-order chi connectivity index (χ1) is 16.0. The largest absolute Gasteiger partial charge is 0.507 e. The zero-order valence-electron chi connectivity index (χ0n) is 19.8. The number of benzene rings is 2. The van der Waals surface area contributed by atoms with Crippen LogP contribution in [0.25, 0.3) is 0 Å². The molecule has 180 valence electrons. The highest BCUT2D eigenvalue weighted by molar-refractivity contribution is 5.99. The fraction of sp³-hybridized carbons (Fsp3) is 0.320. The number of phenolic OH excluding ortho intramolecular Hbond substituents is 1. The summed E-state index contributed by atoms with van der Waals surface area (Å²) in [6.45, 7) is 6.19. The molecule has 34 heavy (non-hydrogen) atoms. The summed E-state index contributed by atoms with van der Waals surface area (Å²) in [7, 11) is 1.52.